The molecule has 1 fully saturated rings. The Morgan fingerprint density at radius 3 is 2.69 bits per heavy atom. The van der Waals surface area contributed by atoms with Crippen molar-refractivity contribution in [3.63, 3.8) is 0 Å². The van der Waals surface area contributed by atoms with Crippen LogP contribution in [-0.4, -0.2) is 39.4 Å². The summed E-state index contributed by atoms with van der Waals surface area (Å²) in [5.41, 5.74) is 6.10. The highest BCUT2D eigenvalue weighted by molar-refractivity contribution is 5.82. The molecule has 1 unspecified atom stereocenters. The van der Waals surface area contributed by atoms with Gasteiger partial charge in [-0.1, -0.05) is 5.21 Å². The largest absolute Gasteiger partial charge is 0.344 e. The molecule has 2 heterocycles. The third-order valence-corrected chi connectivity index (χ3v) is 2.89. The van der Waals surface area contributed by atoms with Crippen molar-refractivity contribution in [1.29, 1.82) is 0 Å². The van der Waals surface area contributed by atoms with Crippen LogP contribution in [0.15, 0.2) is 6.20 Å². The molecule has 1 aromatic heterocycles. The van der Waals surface area contributed by atoms with E-state index in [-0.39, 0.29) is 11.9 Å². The van der Waals surface area contributed by atoms with E-state index in [4.69, 9.17) is 5.73 Å². The van der Waals surface area contributed by atoms with Crippen molar-refractivity contribution in [3.8, 4) is 0 Å². The maximum Gasteiger partial charge on any atom is 0.247 e. The Morgan fingerprint density at radius 2 is 2.25 bits per heavy atom. The molecule has 1 saturated heterocycles. The number of hydrogen-bond donors (Lipinski definition) is 1. The Morgan fingerprint density at radius 1 is 1.56 bits per heavy atom. The molecule has 1 amide bonds. The Hall–Kier alpha value is -1.43. The van der Waals surface area contributed by atoms with Gasteiger partial charge in [-0.2, -0.15) is 0 Å². The third-order valence-electron chi connectivity index (χ3n) is 2.89. The molecule has 6 nitrogen and oxygen atoms in total. The summed E-state index contributed by atoms with van der Waals surface area (Å²) in [6.07, 6.45) is 2.55. The fraction of sp³-hybridized carbons (Fsp3) is 0.700. The minimum Gasteiger partial charge on any atom is -0.344 e. The van der Waals surface area contributed by atoms with E-state index in [1.165, 1.54) is 0 Å². The van der Waals surface area contributed by atoms with E-state index in [9.17, 15) is 4.79 Å². The molecular weight excluding hydrogens is 206 g/mol. The van der Waals surface area contributed by atoms with Crippen molar-refractivity contribution in [3.05, 3.63) is 11.9 Å². The summed E-state index contributed by atoms with van der Waals surface area (Å²) in [6, 6.07) is -0.214. The molecule has 1 aliphatic heterocycles. The zero-order valence-corrected chi connectivity index (χ0v) is 9.84. The van der Waals surface area contributed by atoms with E-state index < -0.39 is 5.54 Å². The van der Waals surface area contributed by atoms with Crippen LogP contribution in [0.1, 0.15) is 32.0 Å². The van der Waals surface area contributed by atoms with Gasteiger partial charge in [0, 0.05) is 13.6 Å². The molecule has 1 aliphatic rings. The van der Waals surface area contributed by atoms with E-state index in [1.54, 1.807) is 22.8 Å². The standard InChI is InChI=1S/C10H17N5O/c1-10(2,11)8-6-15(13-12-8)7-4-5-14(3)9(7)16/h6-7H,4-5,11H2,1-3H3. The minimum atomic E-state index is -0.522. The molecule has 1 aromatic rings. The number of carbonyl (C=O) groups excluding carboxylic acids is 1. The molecule has 6 heteroatoms. The van der Waals surface area contributed by atoms with E-state index in [0.717, 1.165) is 13.0 Å². The lowest BCUT2D eigenvalue weighted by Gasteiger charge is -2.14. The maximum absolute atomic E-state index is 11.8. The molecule has 2 rings (SSSR count). The zero-order chi connectivity index (χ0) is 11.9. The van der Waals surface area contributed by atoms with Crippen LogP contribution < -0.4 is 5.73 Å². The number of likely N-dealkylation sites (tertiary alicyclic amines) is 1. The van der Waals surface area contributed by atoms with E-state index in [2.05, 4.69) is 10.3 Å². The summed E-state index contributed by atoms with van der Waals surface area (Å²) in [5.74, 6) is 0.0891. The SMILES string of the molecule is CN1CCC(n2cc(C(C)(C)N)nn2)C1=O. The first kappa shape index (κ1) is 11.1. The average Bonchev–Trinajstić information content (AvgIpc) is 2.74. The van der Waals surface area contributed by atoms with Crippen molar-refractivity contribution >= 4 is 5.91 Å². The predicted octanol–water partition coefficient (Wildman–Crippen LogP) is -0.125. The second kappa shape index (κ2) is 3.55. The van der Waals surface area contributed by atoms with Gasteiger partial charge in [0.1, 0.15) is 11.7 Å². The van der Waals surface area contributed by atoms with Crippen molar-refractivity contribution in [1.82, 2.24) is 19.9 Å². The van der Waals surface area contributed by atoms with Gasteiger partial charge in [0.25, 0.3) is 0 Å². The van der Waals surface area contributed by atoms with E-state index in [0.29, 0.717) is 5.69 Å². The molecule has 0 aromatic carbocycles. The number of rotatable bonds is 2. The highest BCUT2D eigenvalue weighted by atomic mass is 16.2. The van der Waals surface area contributed by atoms with Crippen molar-refractivity contribution in [2.75, 3.05) is 13.6 Å². The zero-order valence-electron chi connectivity index (χ0n) is 9.84. The van der Waals surface area contributed by atoms with Gasteiger partial charge < -0.3 is 10.6 Å². The number of nitrogens with two attached hydrogens (primary N) is 1. The lowest BCUT2D eigenvalue weighted by atomic mass is 10.0. The summed E-state index contributed by atoms with van der Waals surface area (Å²) in [4.78, 5) is 13.5. The van der Waals surface area contributed by atoms with Gasteiger partial charge >= 0.3 is 0 Å². The summed E-state index contributed by atoms with van der Waals surface area (Å²) < 4.78 is 1.62. The van der Waals surface area contributed by atoms with Gasteiger partial charge in [0.2, 0.25) is 5.91 Å². The number of likely N-dealkylation sites (N-methyl/N-ethyl adjacent to an activating group) is 1. The summed E-state index contributed by atoms with van der Waals surface area (Å²) in [6.45, 7) is 4.50. The fourth-order valence-electron chi connectivity index (χ4n) is 1.77. The molecule has 16 heavy (non-hydrogen) atoms. The Kier molecular flexibility index (Phi) is 2.46. The molecule has 2 N–H and O–H groups in total. The van der Waals surface area contributed by atoms with Gasteiger partial charge in [-0.25, -0.2) is 4.68 Å². The molecule has 0 spiro atoms. The summed E-state index contributed by atoms with van der Waals surface area (Å²) in [5, 5.41) is 8.00. The van der Waals surface area contributed by atoms with Crippen molar-refractivity contribution in [2.24, 2.45) is 5.73 Å². The smallest absolute Gasteiger partial charge is 0.247 e. The highest BCUT2D eigenvalue weighted by Gasteiger charge is 2.32. The van der Waals surface area contributed by atoms with Crippen LogP contribution in [0, 0.1) is 0 Å². The fourth-order valence-corrected chi connectivity index (χ4v) is 1.77. The van der Waals surface area contributed by atoms with E-state index in [1.807, 2.05) is 13.8 Å². The topological polar surface area (TPSA) is 77.0 Å². The van der Waals surface area contributed by atoms with Crippen LogP contribution in [0.5, 0.6) is 0 Å². The molecule has 0 bridgehead atoms. The first-order chi connectivity index (χ1) is 7.39. The number of hydrogen-bond acceptors (Lipinski definition) is 4. The molecule has 0 aliphatic carbocycles. The quantitative estimate of drug-likeness (QED) is 0.758. The van der Waals surface area contributed by atoms with Crippen molar-refractivity contribution < 1.29 is 4.79 Å². The number of carbonyl (C=O) groups is 1. The predicted molar refractivity (Wildman–Crippen MR) is 58.5 cm³/mol. The van der Waals surface area contributed by atoms with Gasteiger partial charge in [0.05, 0.1) is 11.7 Å². The summed E-state index contributed by atoms with van der Waals surface area (Å²) in [7, 11) is 1.80. The molecular formula is C10H17N5O. The highest BCUT2D eigenvalue weighted by Crippen LogP contribution is 2.22. The monoisotopic (exact) mass is 223 g/mol. The molecule has 0 saturated carbocycles. The number of nitrogens with zero attached hydrogens (tertiary/aromatic N) is 4. The third kappa shape index (κ3) is 1.80. The molecule has 1 atom stereocenters. The maximum atomic E-state index is 11.8. The first-order valence-corrected chi connectivity index (χ1v) is 5.36. The Balaban J connectivity index is 2.23. The van der Waals surface area contributed by atoms with Gasteiger partial charge in [-0.15, -0.1) is 5.10 Å². The molecule has 0 radical (unpaired) electrons. The van der Waals surface area contributed by atoms with Gasteiger partial charge in [-0.05, 0) is 20.3 Å². The lowest BCUT2D eigenvalue weighted by molar-refractivity contribution is -0.129. The van der Waals surface area contributed by atoms with Crippen LogP contribution >= 0.6 is 0 Å². The Labute approximate surface area is 94.4 Å². The Bertz CT molecular complexity index is 406. The molecule has 88 valence electrons. The summed E-state index contributed by atoms with van der Waals surface area (Å²) >= 11 is 0. The van der Waals surface area contributed by atoms with Gasteiger partial charge in [-0.3, -0.25) is 4.79 Å². The van der Waals surface area contributed by atoms with Crippen LogP contribution in [0.3, 0.4) is 0 Å². The lowest BCUT2D eigenvalue weighted by Crippen LogP contribution is -2.29. The second-order valence-corrected chi connectivity index (χ2v) is 4.87. The second-order valence-electron chi connectivity index (χ2n) is 4.87. The average molecular weight is 223 g/mol. The van der Waals surface area contributed by atoms with Gasteiger partial charge in [0.15, 0.2) is 0 Å². The number of amides is 1. The normalized spacial score (nSPS) is 21.9. The van der Waals surface area contributed by atoms with Crippen LogP contribution in [0.4, 0.5) is 0 Å². The van der Waals surface area contributed by atoms with E-state index >= 15 is 0 Å². The van der Waals surface area contributed by atoms with Crippen LogP contribution in [-0.2, 0) is 10.3 Å². The van der Waals surface area contributed by atoms with Crippen LogP contribution in [0.2, 0.25) is 0 Å². The minimum absolute atomic E-state index is 0.0891. The first-order valence-electron chi connectivity index (χ1n) is 5.36. The van der Waals surface area contributed by atoms with Crippen LogP contribution in [0.25, 0.3) is 0 Å². The number of aromatic nitrogens is 3. The van der Waals surface area contributed by atoms with Crippen molar-refractivity contribution in [2.45, 2.75) is 31.8 Å².